The smallest absolute Gasteiger partial charge is 0.306 e. The summed E-state index contributed by atoms with van der Waals surface area (Å²) >= 11 is 0. The van der Waals surface area contributed by atoms with Gasteiger partial charge in [-0.15, -0.1) is 0 Å². The molecule has 1 N–H and O–H groups in total. The maximum Gasteiger partial charge on any atom is 0.306 e. The van der Waals surface area contributed by atoms with Gasteiger partial charge in [0.25, 0.3) is 10.2 Å². The van der Waals surface area contributed by atoms with Gasteiger partial charge >= 0.3 is 5.97 Å². The number of nitrogens with one attached hydrogen (secondary N) is 1. The van der Waals surface area contributed by atoms with Crippen LogP contribution in [0.2, 0.25) is 0 Å². The lowest BCUT2D eigenvalue weighted by molar-refractivity contribution is -0.140. The van der Waals surface area contributed by atoms with Crippen LogP contribution >= 0.6 is 0 Å². The second kappa shape index (κ2) is 7.21. The summed E-state index contributed by atoms with van der Waals surface area (Å²) in [6.45, 7) is 1.68. The van der Waals surface area contributed by atoms with E-state index in [-0.39, 0.29) is 19.5 Å². The minimum absolute atomic E-state index is 0.0122. The van der Waals surface area contributed by atoms with Crippen LogP contribution in [0.5, 0.6) is 0 Å². The number of hydrogen-bond acceptors (Lipinski definition) is 5. The molecule has 0 spiro atoms. The molecule has 0 heterocycles. The van der Waals surface area contributed by atoms with Crippen LogP contribution in [0.25, 0.3) is 0 Å². The van der Waals surface area contributed by atoms with Crippen LogP contribution in [0.1, 0.15) is 13.3 Å². The number of rotatable bonds is 7. The molecule has 0 aliphatic carbocycles. The molecule has 0 aromatic rings. The standard InChI is InChI=1S/C9H17N3O4S/c1-8(6-10)7-11-17(14,15)12(2)5-4-9(13)16-3/h8,11H,4-5,7H2,1-3H3. The molecule has 0 rings (SSSR count). The van der Waals surface area contributed by atoms with Crippen molar-refractivity contribution in [3.63, 3.8) is 0 Å². The van der Waals surface area contributed by atoms with Gasteiger partial charge in [-0.05, 0) is 6.92 Å². The summed E-state index contributed by atoms with van der Waals surface area (Å²) in [6, 6.07) is 1.92. The van der Waals surface area contributed by atoms with Gasteiger partial charge in [0.2, 0.25) is 0 Å². The highest BCUT2D eigenvalue weighted by atomic mass is 32.2. The molecule has 0 saturated carbocycles. The number of methoxy groups -OCH3 is 1. The van der Waals surface area contributed by atoms with Crippen LogP contribution in [0.15, 0.2) is 0 Å². The van der Waals surface area contributed by atoms with Gasteiger partial charge in [-0.1, -0.05) is 0 Å². The molecule has 0 radical (unpaired) electrons. The van der Waals surface area contributed by atoms with Crippen molar-refractivity contribution in [1.82, 2.24) is 9.03 Å². The van der Waals surface area contributed by atoms with Crippen molar-refractivity contribution in [1.29, 1.82) is 5.26 Å². The first-order valence-electron chi connectivity index (χ1n) is 5.00. The summed E-state index contributed by atoms with van der Waals surface area (Å²) in [6.07, 6.45) is -0.0122. The van der Waals surface area contributed by atoms with Gasteiger partial charge in [0.1, 0.15) is 0 Å². The van der Waals surface area contributed by atoms with Crippen LogP contribution in [0.4, 0.5) is 0 Å². The Hall–Kier alpha value is -1.17. The first-order valence-corrected chi connectivity index (χ1v) is 6.45. The van der Waals surface area contributed by atoms with E-state index < -0.39 is 22.1 Å². The Morgan fingerprint density at radius 2 is 2.18 bits per heavy atom. The predicted octanol–water partition coefficient (Wildman–Crippen LogP) is -0.525. The summed E-state index contributed by atoms with van der Waals surface area (Å²) in [7, 11) is -1.06. The molecule has 0 aromatic carbocycles. The fourth-order valence-corrected chi connectivity index (χ4v) is 1.87. The highest BCUT2D eigenvalue weighted by Gasteiger charge is 2.18. The first kappa shape index (κ1) is 15.8. The molecule has 8 heteroatoms. The molecule has 1 unspecified atom stereocenters. The van der Waals surface area contributed by atoms with Gasteiger partial charge in [-0.3, -0.25) is 4.79 Å². The number of hydrogen-bond donors (Lipinski definition) is 1. The molecule has 0 bridgehead atoms. The Morgan fingerprint density at radius 3 is 2.65 bits per heavy atom. The third-order valence-corrected chi connectivity index (χ3v) is 3.60. The Kier molecular flexibility index (Phi) is 6.72. The Labute approximate surface area is 102 Å². The lowest BCUT2D eigenvalue weighted by Gasteiger charge is -2.17. The fraction of sp³-hybridized carbons (Fsp3) is 0.778. The quantitative estimate of drug-likeness (QED) is 0.623. The highest BCUT2D eigenvalue weighted by molar-refractivity contribution is 7.87. The number of ether oxygens (including phenoxy) is 1. The summed E-state index contributed by atoms with van der Waals surface area (Å²) in [5, 5.41) is 8.52. The van der Waals surface area contributed by atoms with Crippen molar-refractivity contribution in [2.24, 2.45) is 5.92 Å². The number of carbonyl (C=O) groups is 1. The minimum atomic E-state index is -3.64. The molecule has 0 aromatic heterocycles. The van der Waals surface area contributed by atoms with Gasteiger partial charge in [0.15, 0.2) is 0 Å². The SMILES string of the molecule is COC(=O)CCN(C)S(=O)(=O)NCC(C)C#N. The van der Waals surface area contributed by atoms with Gasteiger partial charge in [-0.2, -0.15) is 18.0 Å². The zero-order valence-electron chi connectivity index (χ0n) is 10.1. The zero-order valence-corrected chi connectivity index (χ0v) is 11.0. The summed E-state index contributed by atoms with van der Waals surface area (Å²) in [4.78, 5) is 10.8. The fourth-order valence-electron chi connectivity index (χ4n) is 0.857. The molecule has 7 nitrogen and oxygen atoms in total. The van der Waals surface area contributed by atoms with Crippen LogP contribution in [0, 0.1) is 17.2 Å². The van der Waals surface area contributed by atoms with Crippen molar-refractivity contribution in [2.75, 3.05) is 27.2 Å². The molecular formula is C9H17N3O4S. The number of nitriles is 1. The van der Waals surface area contributed by atoms with E-state index >= 15 is 0 Å². The molecule has 0 aliphatic heterocycles. The molecule has 0 aliphatic rings. The largest absolute Gasteiger partial charge is 0.469 e. The molecule has 17 heavy (non-hydrogen) atoms. The Bertz CT molecular complexity index is 388. The Balaban J connectivity index is 4.22. The van der Waals surface area contributed by atoms with Gasteiger partial charge in [0, 0.05) is 20.1 Å². The van der Waals surface area contributed by atoms with E-state index in [1.54, 1.807) is 6.92 Å². The van der Waals surface area contributed by atoms with E-state index in [4.69, 9.17) is 5.26 Å². The van der Waals surface area contributed by atoms with Gasteiger partial charge in [0.05, 0.1) is 25.5 Å². The molecule has 0 fully saturated rings. The predicted molar refractivity (Wildman–Crippen MR) is 61.0 cm³/mol. The molecule has 0 amide bonds. The van der Waals surface area contributed by atoms with Crippen molar-refractivity contribution in [3.05, 3.63) is 0 Å². The second-order valence-corrected chi connectivity index (χ2v) is 5.39. The van der Waals surface area contributed by atoms with Crippen molar-refractivity contribution < 1.29 is 17.9 Å². The molecule has 98 valence electrons. The van der Waals surface area contributed by atoms with Crippen LogP contribution in [-0.2, 0) is 19.7 Å². The lowest BCUT2D eigenvalue weighted by atomic mass is 10.2. The average molecular weight is 263 g/mol. The van der Waals surface area contributed by atoms with Crippen LogP contribution in [-0.4, -0.2) is 45.9 Å². The summed E-state index contributed by atoms with van der Waals surface area (Å²) in [5.41, 5.74) is 0. The topological polar surface area (TPSA) is 99.5 Å². The van der Waals surface area contributed by atoms with E-state index in [0.29, 0.717) is 0 Å². The van der Waals surface area contributed by atoms with Crippen molar-refractivity contribution in [2.45, 2.75) is 13.3 Å². The number of carbonyl (C=O) groups excluding carboxylic acids is 1. The van der Waals surface area contributed by atoms with Crippen molar-refractivity contribution >= 4 is 16.2 Å². The van der Waals surface area contributed by atoms with Gasteiger partial charge in [-0.25, -0.2) is 4.72 Å². The maximum atomic E-state index is 11.6. The highest BCUT2D eigenvalue weighted by Crippen LogP contribution is 1.98. The molecular weight excluding hydrogens is 246 g/mol. The maximum absolute atomic E-state index is 11.6. The lowest BCUT2D eigenvalue weighted by Crippen LogP contribution is -2.40. The van der Waals surface area contributed by atoms with E-state index in [1.807, 2.05) is 6.07 Å². The monoisotopic (exact) mass is 263 g/mol. The number of nitrogens with zero attached hydrogens (tertiary/aromatic N) is 2. The first-order chi connectivity index (χ1) is 7.83. The van der Waals surface area contributed by atoms with E-state index in [2.05, 4.69) is 9.46 Å². The third-order valence-electron chi connectivity index (χ3n) is 2.06. The van der Waals surface area contributed by atoms with Crippen molar-refractivity contribution in [3.8, 4) is 6.07 Å². The van der Waals surface area contributed by atoms with E-state index in [9.17, 15) is 13.2 Å². The Morgan fingerprint density at radius 1 is 1.59 bits per heavy atom. The van der Waals surface area contributed by atoms with E-state index in [0.717, 1.165) is 4.31 Å². The van der Waals surface area contributed by atoms with E-state index in [1.165, 1.54) is 14.2 Å². The summed E-state index contributed by atoms with van der Waals surface area (Å²) < 4.78 is 30.9. The molecule has 0 saturated heterocycles. The zero-order chi connectivity index (χ0) is 13.5. The normalized spacial score (nSPS) is 13.1. The molecule has 1 atom stereocenters. The van der Waals surface area contributed by atoms with Crippen LogP contribution in [0.3, 0.4) is 0 Å². The summed E-state index contributed by atoms with van der Waals surface area (Å²) in [5.74, 6) is -0.878. The van der Waals surface area contributed by atoms with Crippen LogP contribution < -0.4 is 4.72 Å². The average Bonchev–Trinajstić information content (AvgIpc) is 2.32. The minimum Gasteiger partial charge on any atom is -0.469 e. The van der Waals surface area contributed by atoms with Gasteiger partial charge < -0.3 is 4.74 Å². The third kappa shape index (κ3) is 6.21. The second-order valence-electron chi connectivity index (χ2n) is 3.53. The number of esters is 1.